The van der Waals surface area contributed by atoms with Crippen molar-refractivity contribution >= 4 is 23.1 Å². The molecule has 2 amide bonds. The van der Waals surface area contributed by atoms with Crippen molar-refractivity contribution in [2.24, 2.45) is 5.73 Å². The van der Waals surface area contributed by atoms with E-state index in [1.54, 1.807) is 35.9 Å². The number of hydrogen-bond acceptors (Lipinski definition) is 6. The van der Waals surface area contributed by atoms with Gasteiger partial charge in [-0.25, -0.2) is 9.50 Å². The molecule has 0 atom stereocenters. The molecule has 0 spiro atoms. The molecule has 0 radical (unpaired) electrons. The molecule has 0 aliphatic heterocycles. The SMILES string of the molecule is COCCOc1ccc(NC(=O)CCc2c(C)nc3c(C(N)=O)cnn3c2C)cc1. The number of hydrogen-bond donors (Lipinski definition) is 2. The van der Waals surface area contributed by atoms with E-state index in [1.807, 2.05) is 13.8 Å². The zero-order valence-corrected chi connectivity index (χ0v) is 17.3. The molecule has 0 bridgehead atoms. The number of benzene rings is 1. The van der Waals surface area contributed by atoms with Gasteiger partial charge in [-0.2, -0.15) is 5.10 Å². The number of primary amides is 1. The lowest BCUT2D eigenvalue weighted by atomic mass is 10.1. The maximum absolute atomic E-state index is 12.4. The number of carbonyl (C=O) groups is 2. The van der Waals surface area contributed by atoms with Gasteiger partial charge in [-0.3, -0.25) is 9.59 Å². The molecule has 30 heavy (non-hydrogen) atoms. The third kappa shape index (κ3) is 4.74. The Bertz CT molecular complexity index is 1060. The summed E-state index contributed by atoms with van der Waals surface area (Å²) in [6.07, 6.45) is 2.19. The molecule has 2 aromatic heterocycles. The molecule has 1 aromatic carbocycles. The highest BCUT2D eigenvalue weighted by molar-refractivity contribution is 5.98. The number of nitrogens with two attached hydrogens (primary N) is 1. The first-order chi connectivity index (χ1) is 14.4. The van der Waals surface area contributed by atoms with E-state index in [4.69, 9.17) is 15.2 Å². The van der Waals surface area contributed by atoms with Crippen LogP contribution in [0.15, 0.2) is 30.5 Å². The first-order valence-electron chi connectivity index (χ1n) is 9.56. The molecule has 9 nitrogen and oxygen atoms in total. The van der Waals surface area contributed by atoms with Gasteiger partial charge in [-0.1, -0.05) is 0 Å². The van der Waals surface area contributed by atoms with Gasteiger partial charge >= 0.3 is 0 Å². The highest BCUT2D eigenvalue weighted by Crippen LogP contribution is 2.19. The van der Waals surface area contributed by atoms with Gasteiger partial charge < -0.3 is 20.5 Å². The number of carbonyl (C=O) groups excluding carboxylic acids is 2. The summed E-state index contributed by atoms with van der Waals surface area (Å²) in [6, 6.07) is 7.18. The van der Waals surface area contributed by atoms with Crippen LogP contribution in [0.3, 0.4) is 0 Å². The number of aryl methyl sites for hydroxylation is 2. The molecule has 9 heteroatoms. The number of methoxy groups -OCH3 is 1. The summed E-state index contributed by atoms with van der Waals surface area (Å²) < 4.78 is 12.0. The van der Waals surface area contributed by atoms with E-state index < -0.39 is 5.91 Å². The van der Waals surface area contributed by atoms with Gasteiger partial charge in [-0.05, 0) is 50.1 Å². The maximum Gasteiger partial charge on any atom is 0.254 e. The van der Waals surface area contributed by atoms with Crippen LogP contribution in [0.25, 0.3) is 5.65 Å². The van der Waals surface area contributed by atoms with Gasteiger partial charge in [0.1, 0.15) is 17.9 Å². The van der Waals surface area contributed by atoms with Crippen molar-refractivity contribution in [1.29, 1.82) is 0 Å². The maximum atomic E-state index is 12.4. The van der Waals surface area contributed by atoms with Crippen LogP contribution in [-0.4, -0.2) is 46.7 Å². The van der Waals surface area contributed by atoms with E-state index in [0.29, 0.717) is 36.7 Å². The van der Waals surface area contributed by atoms with Crippen LogP contribution in [0.5, 0.6) is 5.75 Å². The van der Waals surface area contributed by atoms with Crippen molar-refractivity contribution in [3.05, 3.63) is 53.0 Å². The number of ether oxygens (including phenoxy) is 2. The second kappa shape index (κ2) is 9.36. The smallest absolute Gasteiger partial charge is 0.254 e. The molecule has 0 fully saturated rings. The van der Waals surface area contributed by atoms with Crippen molar-refractivity contribution in [2.45, 2.75) is 26.7 Å². The van der Waals surface area contributed by atoms with Crippen LogP contribution < -0.4 is 15.8 Å². The number of nitrogens with one attached hydrogen (secondary N) is 1. The molecule has 0 unspecified atom stereocenters. The Morgan fingerprint density at radius 1 is 1.17 bits per heavy atom. The molecule has 0 saturated heterocycles. The molecule has 0 saturated carbocycles. The molecule has 0 aliphatic carbocycles. The lowest BCUT2D eigenvalue weighted by molar-refractivity contribution is -0.116. The second-order valence-corrected chi connectivity index (χ2v) is 6.83. The molecule has 2 heterocycles. The molecule has 158 valence electrons. The van der Waals surface area contributed by atoms with Crippen molar-refractivity contribution in [3.8, 4) is 5.75 Å². The standard InChI is InChI=1S/C21H25N5O4/c1-13-17(14(2)26-21(24-13)18(12-23-26)20(22)28)8-9-19(27)25-15-4-6-16(7-5-15)30-11-10-29-3/h4-7,12H,8-11H2,1-3H3,(H2,22,28)(H,25,27). The van der Waals surface area contributed by atoms with Gasteiger partial charge in [-0.15, -0.1) is 0 Å². The summed E-state index contributed by atoms with van der Waals surface area (Å²) in [5, 5.41) is 7.08. The van der Waals surface area contributed by atoms with Crippen molar-refractivity contribution in [3.63, 3.8) is 0 Å². The molecular formula is C21H25N5O4. The molecule has 0 aliphatic rings. The van der Waals surface area contributed by atoms with Crippen molar-refractivity contribution in [1.82, 2.24) is 14.6 Å². The van der Waals surface area contributed by atoms with E-state index in [9.17, 15) is 9.59 Å². The van der Waals surface area contributed by atoms with Crippen LogP contribution in [0.4, 0.5) is 5.69 Å². The van der Waals surface area contributed by atoms with Gasteiger partial charge in [0.05, 0.1) is 12.8 Å². The van der Waals surface area contributed by atoms with E-state index in [0.717, 1.165) is 17.0 Å². The minimum absolute atomic E-state index is 0.111. The molecule has 3 rings (SSSR count). The summed E-state index contributed by atoms with van der Waals surface area (Å²) in [4.78, 5) is 28.4. The fourth-order valence-electron chi connectivity index (χ4n) is 3.19. The van der Waals surface area contributed by atoms with Gasteiger partial charge in [0.15, 0.2) is 5.65 Å². The number of rotatable bonds is 9. The Labute approximate surface area is 174 Å². The summed E-state index contributed by atoms with van der Waals surface area (Å²) in [5.41, 5.74) is 9.26. The Hall–Kier alpha value is -3.46. The van der Waals surface area contributed by atoms with Crippen LogP contribution in [0.1, 0.15) is 33.7 Å². The Morgan fingerprint density at radius 2 is 1.90 bits per heavy atom. The van der Waals surface area contributed by atoms with E-state index >= 15 is 0 Å². The Balaban J connectivity index is 1.63. The highest BCUT2D eigenvalue weighted by atomic mass is 16.5. The quantitative estimate of drug-likeness (QED) is 0.520. The number of fused-ring (bicyclic) bond motifs is 1. The molecule has 3 N–H and O–H groups in total. The van der Waals surface area contributed by atoms with Gasteiger partial charge in [0.25, 0.3) is 5.91 Å². The van der Waals surface area contributed by atoms with E-state index in [-0.39, 0.29) is 17.9 Å². The minimum Gasteiger partial charge on any atom is -0.491 e. The average Bonchev–Trinajstić information content (AvgIpc) is 3.13. The van der Waals surface area contributed by atoms with Crippen molar-refractivity contribution in [2.75, 3.05) is 25.6 Å². The number of nitrogens with zero attached hydrogens (tertiary/aromatic N) is 3. The average molecular weight is 411 g/mol. The first-order valence-corrected chi connectivity index (χ1v) is 9.56. The van der Waals surface area contributed by atoms with Gasteiger partial charge in [0, 0.05) is 30.6 Å². The van der Waals surface area contributed by atoms with E-state index in [2.05, 4.69) is 15.4 Å². The van der Waals surface area contributed by atoms with E-state index in [1.165, 1.54) is 6.20 Å². The van der Waals surface area contributed by atoms with Crippen molar-refractivity contribution < 1.29 is 19.1 Å². The Kier molecular flexibility index (Phi) is 6.63. The van der Waals surface area contributed by atoms with Crippen LogP contribution in [0.2, 0.25) is 0 Å². The lowest BCUT2D eigenvalue weighted by Gasteiger charge is -2.12. The van der Waals surface area contributed by atoms with Crippen LogP contribution in [0, 0.1) is 13.8 Å². The largest absolute Gasteiger partial charge is 0.491 e. The number of anilines is 1. The topological polar surface area (TPSA) is 121 Å². The molecule has 3 aromatic rings. The van der Waals surface area contributed by atoms with Crippen LogP contribution >= 0.6 is 0 Å². The summed E-state index contributed by atoms with van der Waals surface area (Å²) >= 11 is 0. The Morgan fingerprint density at radius 3 is 2.57 bits per heavy atom. The first kappa shape index (κ1) is 21.3. The zero-order chi connectivity index (χ0) is 21.7. The van der Waals surface area contributed by atoms with Gasteiger partial charge in [0.2, 0.25) is 5.91 Å². The monoisotopic (exact) mass is 411 g/mol. The number of aromatic nitrogens is 3. The van der Waals surface area contributed by atoms with Crippen LogP contribution in [-0.2, 0) is 16.0 Å². The lowest BCUT2D eigenvalue weighted by Crippen LogP contribution is -2.15. The zero-order valence-electron chi connectivity index (χ0n) is 17.3. The molecular weight excluding hydrogens is 386 g/mol. The number of amides is 2. The predicted octanol–water partition coefficient (Wildman–Crippen LogP) is 2.04. The third-order valence-corrected chi connectivity index (χ3v) is 4.77. The predicted molar refractivity (Wildman–Crippen MR) is 112 cm³/mol. The summed E-state index contributed by atoms with van der Waals surface area (Å²) in [6.45, 7) is 4.71. The third-order valence-electron chi connectivity index (χ3n) is 4.77. The fourth-order valence-corrected chi connectivity index (χ4v) is 3.19. The minimum atomic E-state index is -0.571. The normalized spacial score (nSPS) is 10.9. The summed E-state index contributed by atoms with van der Waals surface area (Å²) in [5.74, 6) is 0.0315. The second-order valence-electron chi connectivity index (χ2n) is 6.83. The highest BCUT2D eigenvalue weighted by Gasteiger charge is 2.17. The summed E-state index contributed by atoms with van der Waals surface area (Å²) in [7, 11) is 1.62. The fraction of sp³-hybridized carbons (Fsp3) is 0.333.